The van der Waals surface area contributed by atoms with E-state index in [9.17, 15) is 4.79 Å². The lowest BCUT2D eigenvalue weighted by Gasteiger charge is -2.10. The first-order valence-corrected chi connectivity index (χ1v) is 5.64. The minimum atomic E-state index is -0.378. The summed E-state index contributed by atoms with van der Waals surface area (Å²) in [6.07, 6.45) is 9.61. The van der Waals surface area contributed by atoms with E-state index in [0.717, 1.165) is 16.9 Å². The number of nitrogens with zero attached hydrogens (tertiary/aromatic N) is 1. The highest BCUT2D eigenvalue weighted by Crippen LogP contribution is 2.11. The highest BCUT2D eigenvalue weighted by Gasteiger charge is 2.11. The Morgan fingerprint density at radius 3 is 3.12 bits per heavy atom. The summed E-state index contributed by atoms with van der Waals surface area (Å²) in [5, 5.41) is 0. The van der Waals surface area contributed by atoms with Gasteiger partial charge in [-0.25, -0.2) is 4.79 Å². The van der Waals surface area contributed by atoms with Crippen molar-refractivity contribution in [2.45, 2.75) is 6.42 Å². The number of aromatic nitrogens is 1. The van der Waals surface area contributed by atoms with Crippen LogP contribution >= 0.6 is 12.2 Å². The van der Waals surface area contributed by atoms with Gasteiger partial charge in [0, 0.05) is 29.3 Å². The Morgan fingerprint density at radius 1 is 1.53 bits per heavy atom. The Balaban J connectivity index is 1.95. The van der Waals surface area contributed by atoms with Crippen molar-refractivity contribution in [3.8, 4) is 0 Å². The van der Waals surface area contributed by atoms with Gasteiger partial charge in [0.05, 0.1) is 5.56 Å². The maximum absolute atomic E-state index is 11.6. The van der Waals surface area contributed by atoms with Gasteiger partial charge in [0.1, 0.15) is 6.61 Å². The van der Waals surface area contributed by atoms with Crippen LogP contribution in [-0.4, -0.2) is 22.4 Å². The minimum absolute atomic E-state index is 0.219. The zero-order chi connectivity index (χ0) is 12.1. The fraction of sp³-hybridized carbons (Fsp3) is 0.154. The molecule has 0 saturated carbocycles. The zero-order valence-electron chi connectivity index (χ0n) is 9.13. The molecule has 1 aliphatic rings. The largest absolute Gasteiger partial charge is 0.457 e. The van der Waals surface area contributed by atoms with E-state index < -0.39 is 0 Å². The first-order chi connectivity index (χ1) is 8.27. The van der Waals surface area contributed by atoms with E-state index in [0.29, 0.717) is 5.56 Å². The molecule has 0 saturated heterocycles. The molecule has 17 heavy (non-hydrogen) atoms. The molecule has 0 aromatic carbocycles. The van der Waals surface area contributed by atoms with Gasteiger partial charge < -0.3 is 4.74 Å². The molecule has 1 heterocycles. The van der Waals surface area contributed by atoms with Crippen LogP contribution in [0.15, 0.2) is 48.3 Å². The van der Waals surface area contributed by atoms with Gasteiger partial charge in [0.15, 0.2) is 0 Å². The number of hydrogen-bond acceptors (Lipinski definition) is 4. The average molecular weight is 245 g/mol. The Hall–Kier alpha value is -1.81. The number of rotatable bonds is 3. The van der Waals surface area contributed by atoms with Crippen LogP contribution in [0.2, 0.25) is 0 Å². The van der Waals surface area contributed by atoms with Crippen molar-refractivity contribution >= 4 is 23.1 Å². The van der Waals surface area contributed by atoms with Crippen molar-refractivity contribution in [3.05, 3.63) is 53.9 Å². The number of carbonyl (C=O) groups is 1. The highest BCUT2D eigenvalue weighted by atomic mass is 32.1. The maximum atomic E-state index is 11.6. The summed E-state index contributed by atoms with van der Waals surface area (Å²) in [4.78, 5) is 16.3. The monoisotopic (exact) mass is 245 g/mol. The molecule has 0 atom stereocenters. The predicted molar refractivity (Wildman–Crippen MR) is 69.0 cm³/mol. The Kier molecular flexibility index (Phi) is 3.77. The van der Waals surface area contributed by atoms with Crippen LogP contribution in [0.5, 0.6) is 0 Å². The molecule has 0 aliphatic heterocycles. The lowest BCUT2D eigenvalue weighted by molar-refractivity contribution is 0.0544. The van der Waals surface area contributed by atoms with Gasteiger partial charge in [-0.3, -0.25) is 4.98 Å². The molecule has 0 amide bonds. The van der Waals surface area contributed by atoms with Crippen molar-refractivity contribution in [1.29, 1.82) is 0 Å². The van der Waals surface area contributed by atoms with Crippen molar-refractivity contribution in [2.75, 3.05) is 6.61 Å². The predicted octanol–water partition coefficient (Wildman–Crippen LogP) is 2.49. The number of thiocarbonyl (C=S) groups is 1. The van der Waals surface area contributed by atoms with Gasteiger partial charge in [-0.2, -0.15) is 0 Å². The van der Waals surface area contributed by atoms with Crippen molar-refractivity contribution in [1.82, 2.24) is 4.98 Å². The molecule has 86 valence electrons. The third-order valence-electron chi connectivity index (χ3n) is 2.35. The van der Waals surface area contributed by atoms with E-state index in [2.05, 4.69) is 4.98 Å². The van der Waals surface area contributed by atoms with Crippen LogP contribution in [0.1, 0.15) is 16.8 Å². The van der Waals surface area contributed by atoms with E-state index >= 15 is 0 Å². The molecule has 2 rings (SSSR count). The molecule has 0 bridgehead atoms. The van der Waals surface area contributed by atoms with Gasteiger partial charge >= 0.3 is 5.97 Å². The fourth-order valence-corrected chi connectivity index (χ4v) is 1.65. The van der Waals surface area contributed by atoms with Gasteiger partial charge in [-0.1, -0.05) is 30.4 Å². The number of allylic oxidation sites excluding steroid dienone is 3. The molecule has 3 nitrogen and oxygen atoms in total. The molecule has 0 radical (unpaired) electrons. The summed E-state index contributed by atoms with van der Waals surface area (Å²) in [6, 6.07) is 3.37. The summed E-state index contributed by atoms with van der Waals surface area (Å²) in [5.74, 6) is -0.378. The normalized spacial score (nSPS) is 14.4. The van der Waals surface area contributed by atoms with Gasteiger partial charge in [0.25, 0.3) is 0 Å². The first-order valence-electron chi connectivity index (χ1n) is 5.23. The molecule has 0 fully saturated rings. The molecule has 1 aromatic rings. The van der Waals surface area contributed by atoms with E-state index in [1.54, 1.807) is 18.3 Å². The summed E-state index contributed by atoms with van der Waals surface area (Å²) in [7, 11) is 0. The fourth-order valence-electron chi connectivity index (χ4n) is 1.42. The van der Waals surface area contributed by atoms with Crippen LogP contribution in [0.3, 0.4) is 0 Å². The third-order valence-corrected chi connectivity index (χ3v) is 2.78. The zero-order valence-corrected chi connectivity index (χ0v) is 9.94. The first kappa shape index (κ1) is 11.7. The van der Waals surface area contributed by atoms with Gasteiger partial charge in [-0.05, 0) is 12.1 Å². The number of pyridine rings is 1. The minimum Gasteiger partial charge on any atom is -0.457 e. The number of ether oxygens (including phenoxy) is 1. The van der Waals surface area contributed by atoms with Crippen LogP contribution in [-0.2, 0) is 4.74 Å². The Bertz CT molecular complexity index is 491. The Morgan fingerprint density at radius 2 is 2.41 bits per heavy atom. The SMILES string of the molecule is O=C(OCC1=CC=CCC1=S)c1cccnc1. The number of carbonyl (C=O) groups excluding carboxylic acids is 1. The Labute approximate surface area is 105 Å². The topological polar surface area (TPSA) is 39.2 Å². The van der Waals surface area contributed by atoms with E-state index in [-0.39, 0.29) is 12.6 Å². The van der Waals surface area contributed by atoms with E-state index in [4.69, 9.17) is 17.0 Å². The maximum Gasteiger partial charge on any atom is 0.340 e. The molecule has 1 aromatic heterocycles. The van der Waals surface area contributed by atoms with Gasteiger partial charge in [0.2, 0.25) is 0 Å². The van der Waals surface area contributed by atoms with Crippen LogP contribution < -0.4 is 0 Å². The lowest BCUT2D eigenvalue weighted by atomic mass is 10.1. The smallest absolute Gasteiger partial charge is 0.340 e. The van der Waals surface area contributed by atoms with Crippen LogP contribution in [0.4, 0.5) is 0 Å². The molecule has 0 N–H and O–H groups in total. The summed E-state index contributed by atoms with van der Waals surface area (Å²) < 4.78 is 5.17. The number of hydrogen-bond donors (Lipinski definition) is 0. The van der Waals surface area contributed by atoms with Gasteiger partial charge in [-0.15, -0.1) is 0 Å². The summed E-state index contributed by atoms with van der Waals surface area (Å²) in [5.41, 5.74) is 1.34. The van der Waals surface area contributed by atoms with Crippen molar-refractivity contribution < 1.29 is 9.53 Å². The number of esters is 1. The second-order valence-electron chi connectivity index (χ2n) is 3.57. The quantitative estimate of drug-likeness (QED) is 0.606. The lowest BCUT2D eigenvalue weighted by Crippen LogP contribution is -2.13. The second kappa shape index (κ2) is 5.50. The summed E-state index contributed by atoms with van der Waals surface area (Å²) >= 11 is 5.17. The van der Waals surface area contributed by atoms with Crippen LogP contribution in [0, 0.1) is 0 Å². The molecule has 4 heteroatoms. The average Bonchev–Trinajstić information content (AvgIpc) is 2.38. The second-order valence-corrected chi connectivity index (χ2v) is 4.06. The van der Waals surface area contributed by atoms with E-state index in [1.165, 1.54) is 6.20 Å². The summed E-state index contributed by atoms with van der Waals surface area (Å²) in [6.45, 7) is 0.219. The van der Waals surface area contributed by atoms with Crippen LogP contribution in [0.25, 0.3) is 0 Å². The molecule has 0 unspecified atom stereocenters. The third kappa shape index (κ3) is 3.07. The molecule has 0 spiro atoms. The van der Waals surface area contributed by atoms with E-state index in [1.807, 2.05) is 18.2 Å². The molecular formula is C13H11NO2S. The molecule has 1 aliphatic carbocycles. The highest BCUT2D eigenvalue weighted by molar-refractivity contribution is 7.80. The standard InChI is InChI=1S/C13H11NO2S/c15-13(10-5-3-7-14-8-10)16-9-11-4-1-2-6-12(11)17/h1-5,7-8H,6,9H2. The molecular weight excluding hydrogens is 234 g/mol. The van der Waals surface area contributed by atoms with Crippen molar-refractivity contribution in [2.24, 2.45) is 0 Å². The van der Waals surface area contributed by atoms with Crippen molar-refractivity contribution in [3.63, 3.8) is 0 Å².